The fraction of sp³-hybridized carbons (Fsp3) is 0.351. The van der Waals surface area contributed by atoms with Crippen molar-refractivity contribution in [3.8, 4) is 6.07 Å². The Morgan fingerprint density at radius 1 is 1.15 bits per heavy atom. The Kier molecular flexibility index (Phi) is 14.9. The molecule has 1 N–H and O–H groups in total. The minimum absolute atomic E-state index is 0.115. The monoisotopic (exact) mass is 548 g/mol. The number of allylic oxidation sites excluding steroid dienone is 7. The molecule has 0 fully saturated rings. The van der Waals surface area contributed by atoms with E-state index in [0.717, 1.165) is 37.1 Å². The lowest BCUT2D eigenvalue weighted by Gasteiger charge is -2.28. The zero-order valence-electron chi connectivity index (χ0n) is 25.8. The third-order valence-electron chi connectivity index (χ3n) is 7.00. The first-order chi connectivity index (χ1) is 20.1. The summed E-state index contributed by atoms with van der Waals surface area (Å²) in [4.78, 5) is 0. The molecule has 1 aliphatic carbocycles. The van der Waals surface area contributed by atoms with Crippen LogP contribution in [-0.2, 0) is 6.42 Å². The summed E-state index contributed by atoms with van der Waals surface area (Å²) < 4.78 is 0. The number of hydrazone groups is 1. The van der Waals surface area contributed by atoms with E-state index in [-0.39, 0.29) is 12.0 Å². The highest BCUT2D eigenvalue weighted by molar-refractivity contribution is 6.06. The molecule has 2 aromatic rings. The van der Waals surface area contributed by atoms with Gasteiger partial charge in [-0.05, 0) is 80.6 Å². The largest absolute Gasteiger partial charge is 0.319 e. The van der Waals surface area contributed by atoms with Gasteiger partial charge in [0.25, 0.3) is 0 Å². The van der Waals surface area contributed by atoms with Crippen LogP contribution in [0.2, 0.25) is 0 Å². The van der Waals surface area contributed by atoms with Gasteiger partial charge in [-0.1, -0.05) is 107 Å². The number of benzene rings is 2. The van der Waals surface area contributed by atoms with Crippen LogP contribution in [0.4, 0.5) is 0 Å². The number of likely N-dealkylation sites (N-methyl/N-ethyl adjacent to an activating group) is 1. The molecule has 2 aliphatic rings. The summed E-state index contributed by atoms with van der Waals surface area (Å²) in [6.07, 6.45) is 18.3. The predicted octanol–water partition coefficient (Wildman–Crippen LogP) is 8.74. The van der Waals surface area contributed by atoms with Gasteiger partial charge >= 0.3 is 0 Å². The second-order valence-corrected chi connectivity index (χ2v) is 9.88. The van der Waals surface area contributed by atoms with Crippen molar-refractivity contribution in [2.45, 2.75) is 65.8 Å². The zero-order valence-corrected chi connectivity index (χ0v) is 25.8. The summed E-state index contributed by atoms with van der Waals surface area (Å²) >= 11 is 0. The molecule has 0 bridgehead atoms. The molecule has 4 nitrogen and oxygen atoms in total. The maximum atomic E-state index is 8.54. The molecule has 0 saturated carbocycles. The molecular formula is C37H48N4. The van der Waals surface area contributed by atoms with Crippen molar-refractivity contribution in [3.63, 3.8) is 0 Å². The number of nitriles is 1. The van der Waals surface area contributed by atoms with Crippen LogP contribution in [0.3, 0.4) is 0 Å². The van der Waals surface area contributed by atoms with Crippen LogP contribution in [0.15, 0.2) is 120 Å². The van der Waals surface area contributed by atoms with E-state index in [4.69, 9.17) is 10.4 Å². The SMILES string of the molecule is C=CC1C(c2ccccc2)C(/C(=C/C=C\C)CC)=NN1C1=CC(C)CC=C1.CC.CNCCc1ccc(C#N)cc1. The van der Waals surface area contributed by atoms with Gasteiger partial charge in [0, 0.05) is 0 Å². The molecule has 0 spiro atoms. The van der Waals surface area contributed by atoms with E-state index < -0.39 is 0 Å². The smallest absolute Gasteiger partial charge is 0.0991 e. The van der Waals surface area contributed by atoms with E-state index in [1.165, 1.54) is 22.4 Å². The standard InChI is InChI=1S/C25H30N2.C10H12N2.C2H6/c1-5-8-14-20(6-2)25-24(21-15-10-9-11-16-21)23(7-3)27(26-25)22-17-12-13-19(4)18-22;1-12-7-6-9-2-4-10(8-11)5-3-9;1-2/h5,7-12,14-19,23-24H,3,6,13H2,1-2,4H3;2-5,12H,6-7H2,1H3;1-2H3/b8-5-,20-14+;;. The average molecular weight is 549 g/mol. The molecule has 0 saturated heterocycles. The Morgan fingerprint density at radius 2 is 1.85 bits per heavy atom. The molecule has 0 aromatic heterocycles. The average Bonchev–Trinajstić information content (AvgIpc) is 3.42. The molecule has 0 amide bonds. The molecule has 4 heteroatoms. The third kappa shape index (κ3) is 9.59. The van der Waals surface area contributed by atoms with Crippen molar-refractivity contribution >= 4 is 5.71 Å². The third-order valence-corrected chi connectivity index (χ3v) is 7.00. The lowest BCUT2D eigenvalue weighted by Crippen LogP contribution is -2.30. The summed E-state index contributed by atoms with van der Waals surface area (Å²) in [5.41, 5.74) is 6.89. The van der Waals surface area contributed by atoms with Crippen LogP contribution in [0, 0.1) is 17.2 Å². The van der Waals surface area contributed by atoms with Gasteiger partial charge in [0.15, 0.2) is 0 Å². The highest BCUT2D eigenvalue weighted by Gasteiger charge is 2.38. The van der Waals surface area contributed by atoms with E-state index in [9.17, 15) is 0 Å². The normalized spacial score (nSPS) is 19.8. The quantitative estimate of drug-likeness (QED) is 0.252. The van der Waals surface area contributed by atoms with Gasteiger partial charge in [-0.25, -0.2) is 0 Å². The van der Waals surface area contributed by atoms with Crippen LogP contribution in [0.25, 0.3) is 0 Å². The fourth-order valence-corrected chi connectivity index (χ4v) is 4.88. The second-order valence-electron chi connectivity index (χ2n) is 9.88. The topological polar surface area (TPSA) is 51.4 Å². The van der Waals surface area contributed by atoms with Crippen LogP contribution >= 0.6 is 0 Å². The predicted molar refractivity (Wildman–Crippen MR) is 177 cm³/mol. The van der Waals surface area contributed by atoms with E-state index in [0.29, 0.717) is 5.92 Å². The lowest BCUT2D eigenvalue weighted by atomic mass is 9.84. The molecule has 0 radical (unpaired) electrons. The Bertz CT molecular complexity index is 1260. The molecule has 3 unspecified atom stereocenters. The molecule has 1 aliphatic heterocycles. The molecule has 4 rings (SSSR count). The molecule has 216 valence electrons. The number of hydrogen-bond acceptors (Lipinski definition) is 4. The lowest BCUT2D eigenvalue weighted by molar-refractivity contribution is 0.330. The Balaban J connectivity index is 0.000000352. The van der Waals surface area contributed by atoms with Gasteiger partial charge in [0.1, 0.15) is 0 Å². The first kappa shape index (κ1) is 33.3. The highest BCUT2D eigenvalue weighted by Crippen LogP contribution is 2.38. The first-order valence-corrected chi connectivity index (χ1v) is 15.0. The van der Waals surface area contributed by atoms with Gasteiger partial charge in [0.2, 0.25) is 0 Å². The number of nitrogens with zero attached hydrogens (tertiary/aromatic N) is 3. The zero-order chi connectivity index (χ0) is 30.0. The maximum Gasteiger partial charge on any atom is 0.0991 e. The fourth-order valence-electron chi connectivity index (χ4n) is 4.88. The van der Waals surface area contributed by atoms with Crippen LogP contribution in [0.5, 0.6) is 0 Å². The van der Waals surface area contributed by atoms with Crippen LogP contribution < -0.4 is 5.32 Å². The maximum absolute atomic E-state index is 8.54. The van der Waals surface area contributed by atoms with Crippen molar-refractivity contribution in [1.29, 1.82) is 5.26 Å². The molecular weight excluding hydrogens is 500 g/mol. The van der Waals surface area contributed by atoms with Gasteiger partial charge < -0.3 is 5.32 Å². The van der Waals surface area contributed by atoms with Gasteiger partial charge in [-0.2, -0.15) is 10.4 Å². The molecule has 1 heterocycles. The number of nitrogens with one attached hydrogen (secondary N) is 1. The van der Waals surface area contributed by atoms with Crippen molar-refractivity contribution in [1.82, 2.24) is 10.3 Å². The molecule has 3 atom stereocenters. The Hall–Kier alpha value is -3.94. The van der Waals surface area contributed by atoms with E-state index in [1.54, 1.807) is 0 Å². The van der Waals surface area contributed by atoms with E-state index in [2.05, 4.69) is 104 Å². The first-order valence-electron chi connectivity index (χ1n) is 15.0. The highest BCUT2D eigenvalue weighted by atomic mass is 15.5. The number of rotatable bonds is 9. The van der Waals surface area contributed by atoms with Crippen molar-refractivity contribution in [2.24, 2.45) is 11.0 Å². The van der Waals surface area contributed by atoms with Gasteiger partial charge in [0.05, 0.1) is 35.0 Å². The summed E-state index contributed by atoms with van der Waals surface area (Å²) in [6.45, 7) is 15.6. The summed E-state index contributed by atoms with van der Waals surface area (Å²) in [6, 6.07) is 20.6. The molecule has 41 heavy (non-hydrogen) atoms. The van der Waals surface area contributed by atoms with Crippen molar-refractivity contribution < 1.29 is 0 Å². The van der Waals surface area contributed by atoms with Gasteiger partial charge in [-0.15, -0.1) is 6.58 Å². The molecule has 2 aromatic carbocycles. The summed E-state index contributed by atoms with van der Waals surface area (Å²) in [5.74, 6) is 0.723. The van der Waals surface area contributed by atoms with Crippen LogP contribution in [-0.4, -0.2) is 30.4 Å². The summed E-state index contributed by atoms with van der Waals surface area (Å²) in [5, 5.41) is 18.9. The summed E-state index contributed by atoms with van der Waals surface area (Å²) in [7, 11) is 1.93. The minimum Gasteiger partial charge on any atom is -0.319 e. The van der Waals surface area contributed by atoms with Crippen LogP contribution in [0.1, 0.15) is 70.1 Å². The van der Waals surface area contributed by atoms with E-state index >= 15 is 0 Å². The van der Waals surface area contributed by atoms with Crippen molar-refractivity contribution in [2.75, 3.05) is 13.6 Å². The number of hydrogen-bond donors (Lipinski definition) is 1. The Labute approximate surface area is 249 Å². The van der Waals surface area contributed by atoms with E-state index in [1.807, 2.05) is 58.2 Å². The second kappa shape index (κ2) is 18.4. The Morgan fingerprint density at radius 3 is 2.41 bits per heavy atom. The van der Waals surface area contributed by atoms with Crippen molar-refractivity contribution in [3.05, 3.63) is 132 Å². The minimum atomic E-state index is 0.115. The van der Waals surface area contributed by atoms with Gasteiger partial charge in [-0.3, -0.25) is 5.01 Å².